The van der Waals surface area contributed by atoms with Crippen molar-refractivity contribution in [3.63, 3.8) is 0 Å². The van der Waals surface area contributed by atoms with Crippen molar-refractivity contribution in [2.45, 2.75) is 39.3 Å². The van der Waals surface area contributed by atoms with Gasteiger partial charge in [0.05, 0.1) is 17.1 Å². The summed E-state index contributed by atoms with van der Waals surface area (Å²) in [4.78, 5) is 19.5. The summed E-state index contributed by atoms with van der Waals surface area (Å²) in [6.07, 6.45) is 1.84. The molecule has 0 bridgehead atoms. The Morgan fingerprint density at radius 2 is 2.28 bits per heavy atom. The van der Waals surface area contributed by atoms with Gasteiger partial charge in [0.15, 0.2) is 0 Å². The lowest BCUT2D eigenvalue weighted by atomic mass is 10.0. The van der Waals surface area contributed by atoms with Crippen LogP contribution in [0.2, 0.25) is 0 Å². The van der Waals surface area contributed by atoms with Gasteiger partial charge in [-0.15, -0.1) is 0 Å². The lowest BCUT2D eigenvalue weighted by Gasteiger charge is -2.09. The Hall–Kier alpha value is -1.84. The average molecular weight is 243 g/mol. The van der Waals surface area contributed by atoms with Gasteiger partial charge < -0.3 is 4.98 Å². The highest BCUT2D eigenvalue weighted by molar-refractivity contribution is 5.80. The molecule has 0 radical (unpaired) electrons. The van der Waals surface area contributed by atoms with Crippen LogP contribution in [0, 0.1) is 0 Å². The average Bonchev–Trinajstić information content (AvgIpc) is 2.51. The highest BCUT2D eigenvalue weighted by Gasteiger charge is 2.19. The van der Waals surface area contributed by atoms with E-state index in [2.05, 4.69) is 16.0 Å². The number of nitrogens with one attached hydrogen (secondary N) is 1. The van der Waals surface area contributed by atoms with Crippen LogP contribution in [-0.2, 0) is 13.0 Å². The van der Waals surface area contributed by atoms with Crippen molar-refractivity contribution in [2.75, 3.05) is 0 Å². The van der Waals surface area contributed by atoms with Crippen LogP contribution in [0.15, 0.2) is 28.0 Å². The van der Waals surface area contributed by atoms with Crippen LogP contribution in [0.3, 0.4) is 0 Å². The summed E-state index contributed by atoms with van der Waals surface area (Å²) in [5.74, 6) is 0. The second-order valence-corrected chi connectivity index (χ2v) is 5.12. The maximum absolute atomic E-state index is 11.9. The van der Waals surface area contributed by atoms with Gasteiger partial charge in [-0.25, -0.2) is 4.79 Å². The second kappa shape index (κ2) is 4.12. The Morgan fingerprint density at radius 1 is 1.44 bits per heavy atom. The molecule has 94 valence electrons. The molecule has 1 aliphatic rings. The van der Waals surface area contributed by atoms with E-state index in [0.717, 1.165) is 36.1 Å². The van der Waals surface area contributed by atoms with E-state index >= 15 is 0 Å². The molecule has 0 saturated heterocycles. The first-order valence-corrected chi connectivity index (χ1v) is 6.36. The van der Waals surface area contributed by atoms with Gasteiger partial charge in [-0.3, -0.25) is 9.56 Å². The summed E-state index contributed by atoms with van der Waals surface area (Å²) in [7, 11) is 0. The molecule has 0 aliphatic carbocycles. The number of para-hydroxylation sites is 1. The molecule has 0 spiro atoms. The Balaban J connectivity index is 2.15. The maximum Gasteiger partial charge on any atom is 0.326 e. The van der Waals surface area contributed by atoms with Crippen molar-refractivity contribution in [1.29, 1.82) is 0 Å². The fourth-order valence-corrected chi connectivity index (χ4v) is 2.78. The van der Waals surface area contributed by atoms with Gasteiger partial charge in [0.25, 0.3) is 0 Å². The number of benzene rings is 1. The standard InChI is InChI=1S/C14H17N3O/c1-9(2)15-11-6-7-17-13-10(8-11)4-3-5-12(13)16-14(17)18/h3-5,11H,6-8H2,1-2H3,(H,16,18)/t11-/m1/s1. The highest BCUT2D eigenvalue weighted by atomic mass is 16.1. The summed E-state index contributed by atoms with van der Waals surface area (Å²) in [5.41, 5.74) is 4.32. The zero-order chi connectivity index (χ0) is 12.7. The van der Waals surface area contributed by atoms with Crippen molar-refractivity contribution >= 4 is 16.7 Å². The maximum atomic E-state index is 11.9. The molecule has 1 aromatic heterocycles. The zero-order valence-corrected chi connectivity index (χ0v) is 10.7. The van der Waals surface area contributed by atoms with Crippen LogP contribution in [0.5, 0.6) is 0 Å². The SMILES string of the molecule is CC(C)=N[C@@H]1CCn2c(=O)[nH]c3cccc(c32)C1. The third-order valence-corrected chi connectivity index (χ3v) is 3.46. The molecule has 4 nitrogen and oxygen atoms in total. The van der Waals surface area contributed by atoms with E-state index in [4.69, 9.17) is 0 Å². The molecule has 0 fully saturated rings. The van der Waals surface area contributed by atoms with Gasteiger partial charge >= 0.3 is 5.69 Å². The van der Waals surface area contributed by atoms with E-state index in [1.165, 1.54) is 5.56 Å². The number of H-pyrrole nitrogens is 1. The quantitative estimate of drug-likeness (QED) is 0.766. The van der Waals surface area contributed by atoms with E-state index in [1.807, 2.05) is 30.5 Å². The third-order valence-electron chi connectivity index (χ3n) is 3.46. The molecular formula is C14H17N3O. The molecule has 0 saturated carbocycles. The lowest BCUT2D eigenvalue weighted by Crippen LogP contribution is -2.18. The first-order valence-electron chi connectivity index (χ1n) is 6.36. The van der Waals surface area contributed by atoms with Crippen molar-refractivity contribution in [2.24, 2.45) is 4.99 Å². The van der Waals surface area contributed by atoms with E-state index in [-0.39, 0.29) is 5.69 Å². The van der Waals surface area contributed by atoms with Gasteiger partial charge in [0.2, 0.25) is 0 Å². The molecular weight excluding hydrogens is 226 g/mol. The normalized spacial score (nSPS) is 18.7. The van der Waals surface area contributed by atoms with E-state index < -0.39 is 0 Å². The predicted octanol–water partition coefficient (Wildman–Crippen LogP) is 2.13. The molecule has 2 aromatic rings. The summed E-state index contributed by atoms with van der Waals surface area (Å²) in [6.45, 7) is 4.80. The Kier molecular flexibility index (Phi) is 2.58. The summed E-state index contributed by atoms with van der Waals surface area (Å²) in [5, 5.41) is 0. The van der Waals surface area contributed by atoms with E-state index in [9.17, 15) is 4.79 Å². The number of hydrogen-bond donors (Lipinski definition) is 1. The number of imidazole rings is 1. The highest BCUT2D eigenvalue weighted by Crippen LogP contribution is 2.23. The van der Waals surface area contributed by atoms with Gasteiger partial charge in [-0.1, -0.05) is 12.1 Å². The largest absolute Gasteiger partial charge is 0.326 e. The number of nitrogens with zero attached hydrogens (tertiary/aromatic N) is 2. The van der Waals surface area contributed by atoms with Crippen LogP contribution in [0.25, 0.3) is 11.0 Å². The molecule has 1 atom stereocenters. The first-order chi connectivity index (χ1) is 8.65. The van der Waals surface area contributed by atoms with Crippen LogP contribution >= 0.6 is 0 Å². The number of aromatic nitrogens is 2. The topological polar surface area (TPSA) is 50.1 Å². The van der Waals surface area contributed by atoms with Crippen molar-refractivity contribution in [3.05, 3.63) is 34.2 Å². The van der Waals surface area contributed by atoms with E-state index in [1.54, 1.807) is 0 Å². The molecule has 1 aliphatic heterocycles. The van der Waals surface area contributed by atoms with Crippen LogP contribution in [-0.4, -0.2) is 21.3 Å². The minimum atomic E-state index is -0.00435. The molecule has 1 aromatic carbocycles. The Labute approximate surface area is 105 Å². The minimum Gasteiger partial charge on any atom is -0.306 e. The lowest BCUT2D eigenvalue weighted by molar-refractivity contribution is 0.557. The predicted molar refractivity (Wildman–Crippen MR) is 73.5 cm³/mol. The number of aryl methyl sites for hydroxylation is 1. The number of rotatable bonds is 1. The first kappa shape index (κ1) is 11.3. The van der Waals surface area contributed by atoms with Crippen LogP contribution in [0.4, 0.5) is 0 Å². The van der Waals surface area contributed by atoms with E-state index in [0.29, 0.717) is 6.04 Å². The van der Waals surface area contributed by atoms with Crippen molar-refractivity contribution < 1.29 is 0 Å². The summed E-state index contributed by atoms with van der Waals surface area (Å²) in [6, 6.07) is 6.36. The number of aromatic amines is 1. The third kappa shape index (κ3) is 1.78. The summed E-state index contributed by atoms with van der Waals surface area (Å²) >= 11 is 0. The van der Waals surface area contributed by atoms with Crippen LogP contribution in [0.1, 0.15) is 25.8 Å². The van der Waals surface area contributed by atoms with Gasteiger partial charge in [-0.05, 0) is 38.3 Å². The van der Waals surface area contributed by atoms with Gasteiger partial charge in [0, 0.05) is 12.3 Å². The molecule has 0 amide bonds. The molecule has 3 rings (SSSR count). The Bertz CT molecular complexity index is 674. The van der Waals surface area contributed by atoms with Crippen molar-refractivity contribution in [3.8, 4) is 0 Å². The molecule has 0 unspecified atom stereocenters. The number of aliphatic imine (C=N–C) groups is 1. The molecule has 4 heteroatoms. The smallest absolute Gasteiger partial charge is 0.306 e. The van der Waals surface area contributed by atoms with Gasteiger partial charge in [0.1, 0.15) is 0 Å². The molecule has 1 N–H and O–H groups in total. The fraction of sp³-hybridized carbons (Fsp3) is 0.429. The van der Waals surface area contributed by atoms with Gasteiger partial charge in [-0.2, -0.15) is 0 Å². The minimum absolute atomic E-state index is 0.00435. The molecule has 18 heavy (non-hydrogen) atoms. The monoisotopic (exact) mass is 243 g/mol. The van der Waals surface area contributed by atoms with Crippen LogP contribution < -0.4 is 5.69 Å². The summed E-state index contributed by atoms with van der Waals surface area (Å²) < 4.78 is 1.85. The zero-order valence-electron chi connectivity index (χ0n) is 10.7. The second-order valence-electron chi connectivity index (χ2n) is 5.12. The fourth-order valence-electron chi connectivity index (χ4n) is 2.78. The molecule has 2 heterocycles. The number of hydrogen-bond acceptors (Lipinski definition) is 2. The van der Waals surface area contributed by atoms with Crippen molar-refractivity contribution in [1.82, 2.24) is 9.55 Å². The Morgan fingerprint density at radius 3 is 3.06 bits per heavy atom.